The molecule has 3 aromatic rings. The minimum Gasteiger partial charge on any atom is -0.417 e. The van der Waals surface area contributed by atoms with E-state index in [2.05, 4.69) is 10.2 Å². The van der Waals surface area contributed by atoms with Crippen LogP contribution in [0.2, 0.25) is 0 Å². The van der Waals surface area contributed by atoms with E-state index in [4.69, 9.17) is 8.83 Å². The van der Waals surface area contributed by atoms with Gasteiger partial charge in [-0.3, -0.25) is 10.1 Å². The first-order chi connectivity index (χ1) is 10.2. The van der Waals surface area contributed by atoms with E-state index >= 15 is 0 Å². The lowest BCUT2D eigenvalue weighted by Crippen LogP contribution is -1.82. The lowest BCUT2D eigenvalue weighted by Gasteiger charge is -1.90. The Morgan fingerprint density at radius 1 is 1.00 bits per heavy atom. The van der Waals surface area contributed by atoms with Crippen molar-refractivity contribution in [1.29, 1.82) is 0 Å². The highest BCUT2D eigenvalue weighted by atomic mass is 16.6. The van der Waals surface area contributed by atoms with Gasteiger partial charge in [0.25, 0.3) is 0 Å². The molecule has 0 spiro atoms. The minimum atomic E-state index is -0.600. The van der Waals surface area contributed by atoms with Crippen LogP contribution in [0.3, 0.4) is 0 Å². The minimum absolute atomic E-state index is 0.285. The predicted octanol–water partition coefficient (Wildman–Crippen LogP) is 3.41. The van der Waals surface area contributed by atoms with Crippen molar-refractivity contribution in [1.82, 2.24) is 10.2 Å². The van der Waals surface area contributed by atoms with Crippen LogP contribution >= 0.6 is 0 Å². The fourth-order valence-electron chi connectivity index (χ4n) is 1.68. The number of rotatable bonds is 4. The van der Waals surface area contributed by atoms with Gasteiger partial charge in [-0.05, 0) is 24.3 Å². The zero-order valence-corrected chi connectivity index (χ0v) is 10.7. The second-order valence-electron chi connectivity index (χ2n) is 4.08. The molecule has 21 heavy (non-hydrogen) atoms. The molecule has 0 amide bonds. The smallest absolute Gasteiger partial charge is 0.417 e. The summed E-state index contributed by atoms with van der Waals surface area (Å²) < 4.78 is 10.4. The van der Waals surface area contributed by atoms with Gasteiger partial charge in [-0.15, -0.1) is 10.2 Å². The molecule has 0 unspecified atom stereocenters. The standard InChI is InChI=1S/C14H9N3O4/c18-17(19)13-9-7-11(20-13)6-8-12-15-16-14(21-12)10-4-2-1-3-5-10/h1-9H. The van der Waals surface area contributed by atoms with Crippen LogP contribution in [0.15, 0.2) is 51.3 Å². The summed E-state index contributed by atoms with van der Waals surface area (Å²) in [5.41, 5.74) is 0.818. The van der Waals surface area contributed by atoms with E-state index in [-0.39, 0.29) is 11.8 Å². The van der Waals surface area contributed by atoms with Crippen LogP contribution in [-0.2, 0) is 0 Å². The van der Waals surface area contributed by atoms with Crippen molar-refractivity contribution in [3.8, 4) is 11.5 Å². The third-order valence-electron chi connectivity index (χ3n) is 2.64. The fraction of sp³-hybridized carbons (Fsp3) is 0. The molecule has 1 aromatic carbocycles. The van der Waals surface area contributed by atoms with Crippen LogP contribution in [0.5, 0.6) is 0 Å². The van der Waals surface area contributed by atoms with E-state index in [0.717, 1.165) is 5.56 Å². The highest BCUT2D eigenvalue weighted by Crippen LogP contribution is 2.20. The number of furan rings is 1. The van der Waals surface area contributed by atoms with Crippen LogP contribution in [0.1, 0.15) is 11.7 Å². The molecule has 0 saturated carbocycles. The van der Waals surface area contributed by atoms with Gasteiger partial charge in [-0.2, -0.15) is 0 Å². The molecule has 2 heterocycles. The van der Waals surface area contributed by atoms with Crippen molar-refractivity contribution in [2.45, 2.75) is 0 Å². The monoisotopic (exact) mass is 283 g/mol. The average molecular weight is 283 g/mol. The van der Waals surface area contributed by atoms with Crippen molar-refractivity contribution in [2.24, 2.45) is 0 Å². The fourth-order valence-corrected chi connectivity index (χ4v) is 1.68. The Balaban J connectivity index is 1.77. The number of hydrogen-bond acceptors (Lipinski definition) is 6. The Labute approximate surface area is 118 Å². The van der Waals surface area contributed by atoms with Gasteiger partial charge in [0.2, 0.25) is 11.8 Å². The maximum absolute atomic E-state index is 10.5. The van der Waals surface area contributed by atoms with E-state index < -0.39 is 4.92 Å². The molecule has 0 aliphatic heterocycles. The van der Waals surface area contributed by atoms with Crippen LogP contribution in [0.25, 0.3) is 23.6 Å². The first-order valence-electron chi connectivity index (χ1n) is 6.03. The Kier molecular flexibility index (Phi) is 3.30. The van der Waals surface area contributed by atoms with E-state index in [0.29, 0.717) is 11.7 Å². The first-order valence-corrected chi connectivity index (χ1v) is 6.03. The molecule has 0 radical (unpaired) electrons. The third kappa shape index (κ3) is 2.86. The van der Waals surface area contributed by atoms with Gasteiger partial charge >= 0.3 is 5.88 Å². The average Bonchev–Trinajstić information content (AvgIpc) is 3.15. The predicted molar refractivity (Wildman–Crippen MR) is 74.0 cm³/mol. The Bertz CT molecular complexity index is 789. The summed E-state index contributed by atoms with van der Waals surface area (Å²) in [5, 5.41) is 18.3. The SMILES string of the molecule is O=[N+]([O-])c1ccc(C=Cc2nnc(-c3ccccc3)o2)o1. The molecule has 104 valence electrons. The largest absolute Gasteiger partial charge is 0.433 e. The van der Waals surface area contributed by atoms with Crippen molar-refractivity contribution < 1.29 is 13.8 Å². The summed E-state index contributed by atoms with van der Waals surface area (Å²) >= 11 is 0. The van der Waals surface area contributed by atoms with Crippen molar-refractivity contribution in [3.05, 3.63) is 64.2 Å². The molecule has 0 aliphatic carbocycles. The molecule has 7 heteroatoms. The number of aromatic nitrogens is 2. The zero-order valence-electron chi connectivity index (χ0n) is 10.7. The summed E-state index contributed by atoms with van der Waals surface area (Å²) in [7, 11) is 0. The zero-order chi connectivity index (χ0) is 14.7. The van der Waals surface area contributed by atoms with Gasteiger partial charge in [-0.1, -0.05) is 18.2 Å². The normalized spacial score (nSPS) is 11.0. The van der Waals surface area contributed by atoms with E-state index in [1.807, 2.05) is 30.3 Å². The van der Waals surface area contributed by atoms with Crippen molar-refractivity contribution in [2.75, 3.05) is 0 Å². The summed E-state index contributed by atoms with van der Waals surface area (Å²) in [4.78, 5) is 9.90. The molecule has 0 saturated heterocycles. The second-order valence-corrected chi connectivity index (χ2v) is 4.08. The Hall–Kier alpha value is -3.22. The molecule has 0 fully saturated rings. The van der Waals surface area contributed by atoms with Crippen LogP contribution in [-0.4, -0.2) is 15.1 Å². The van der Waals surface area contributed by atoms with Crippen molar-refractivity contribution >= 4 is 18.0 Å². The highest BCUT2D eigenvalue weighted by molar-refractivity contribution is 5.64. The lowest BCUT2D eigenvalue weighted by atomic mass is 10.2. The molecule has 3 rings (SSSR count). The summed E-state index contributed by atoms with van der Waals surface area (Å²) in [6.45, 7) is 0. The van der Waals surface area contributed by atoms with Crippen molar-refractivity contribution in [3.63, 3.8) is 0 Å². The molecule has 0 N–H and O–H groups in total. The molecular formula is C14H9N3O4. The van der Waals surface area contributed by atoms with Gasteiger partial charge in [0, 0.05) is 11.6 Å². The van der Waals surface area contributed by atoms with Crippen LogP contribution in [0, 0.1) is 10.1 Å². The van der Waals surface area contributed by atoms with Crippen LogP contribution < -0.4 is 0 Å². The van der Waals surface area contributed by atoms with Gasteiger partial charge in [0.1, 0.15) is 10.7 Å². The number of benzene rings is 1. The maximum atomic E-state index is 10.5. The number of nitro groups is 1. The molecule has 7 nitrogen and oxygen atoms in total. The molecule has 0 bridgehead atoms. The molecular weight excluding hydrogens is 274 g/mol. The van der Waals surface area contributed by atoms with Gasteiger partial charge in [-0.25, -0.2) is 0 Å². The van der Waals surface area contributed by atoms with E-state index in [1.165, 1.54) is 24.3 Å². The first kappa shape index (κ1) is 12.8. The molecule has 0 aliphatic rings. The lowest BCUT2D eigenvalue weighted by molar-refractivity contribution is -0.402. The topological polar surface area (TPSA) is 95.2 Å². The van der Waals surface area contributed by atoms with E-state index in [9.17, 15) is 10.1 Å². The molecule has 0 atom stereocenters. The van der Waals surface area contributed by atoms with Gasteiger partial charge in [0.05, 0.1) is 6.07 Å². The Morgan fingerprint density at radius 2 is 1.81 bits per heavy atom. The maximum Gasteiger partial charge on any atom is 0.433 e. The van der Waals surface area contributed by atoms with Gasteiger partial charge < -0.3 is 8.83 Å². The van der Waals surface area contributed by atoms with Gasteiger partial charge in [0.15, 0.2) is 0 Å². The number of nitrogens with zero attached hydrogens (tertiary/aromatic N) is 3. The summed E-state index contributed by atoms with van der Waals surface area (Å²) in [6.07, 6.45) is 3.05. The molecule has 2 aromatic heterocycles. The summed E-state index contributed by atoms with van der Waals surface area (Å²) in [6, 6.07) is 12.1. The number of hydrogen-bond donors (Lipinski definition) is 0. The quantitative estimate of drug-likeness (QED) is 0.537. The Morgan fingerprint density at radius 3 is 2.52 bits per heavy atom. The summed E-state index contributed by atoms with van der Waals surface area (Å²) in [5.74, 6) is 0.708. The highest BCUT2D eigenvalue weighted by Gasteiger charge is 2.10. The van der Waals surface area contributed by atoms with Crippen LogP contribution in [0.4, 0.5) is 5.88 Å². The second kappa shape index (κ2) is 5.41. The van der Waals surface area contributed by atoms with E-state index in [1.54, 1.807) is 0 Å². The third-order valence-corrected chi connectivity index (χ3v) is 2.64.